The minimum atomic E-state index is 0.658. The zero-order valence-electron chi connectivity index (χ0n) is 9.92. The molecule has 0 spiro atoms. The zero-order chi connectivity index (χ0) is 12.1. The normalized spacial score (nSPS) is 19.7. The highest BCUT2D eigenvalue weighted by Gasteiger charge is 2.12. The Labute approximate surface area is 112 Å². The Bertz CT molecular complexity index is 364. The SMILES string of the molecule is Nc1ccc(SCCCC2CCCN2)cc1Cl. The first-order chi connectivity index (χ1) is 8.25. The molecule has 2 nitrogen and oxygen atoms in total. The second kappa shape index (κ2) is 6.53. The average Bonchev–Trinajstić information content (AvgIpc) is 2.82. The van der Waals surface area contributed by atoms with Gasteiger partial charge in [-0.3, -0.25) is 0 Å². The van der Waals surface area contributed by atoms with Gasteiger partial charge in [-0.2, -0.15) is 0 Å². The molecule has 1 aromatic carbocycles. The van der Waals surface area contributed by atoms with E-state index in [9.17, 15) is 0 Å². The number of halogens is 1. The lowest BCUT2D eigenvalue weighted by Gasteiger charge is -2.09. The number of nitrogens with one attached hydrogen (secondary N) is 1. The van der Waals surface area contributed by atoms with Gasteiger partial charge in [0, 0.05) is 10.9 Å². The maximum atomic E-state index is 5.98. The molecule has 1 unspecified atom stereocenters. The van der Waals surface area contributed by atoms with E-state index in [0.29, 0.717) is 10.7 Å². The topological polar surface area (TPSA) is 38.0 Å². The predicted molar refractivity (Wildman–Crippen MR) is 76.8 cm³/mol. The summed E-state index contributed by atoms with van der Waals surface area (Å²) in [6, 6.07) is 6.63. The first-order valence-electron chi connectivity index (χ1n) is 6.17. The van der Waals surface area contributed by atoms with Crippen molar-refractivity contribution >= 4 is 29.1 Å². The molecule has 0 amide bonds. The van der Waals surface area contributed by atoms with Crippen LogP contribution in [0.15, 0.2) is 23.1 Å². The fourth-order valence-corrected chi connectivity index (χ4v) is 3.28. The third-order valence-electron chi connectivity index (χ3n) is 3.10. The molecular weight excluding hydrogens is 252 g/mol. The van der Waals surface area contributed by atoms with Crippen molar-refractivity contribution in [2.45, 2.75) is 36.6 Å². The summed E-state index contributed by atoms with van der Waals surface area (Å²) in [7, 11) is 0. The van der Waals surface area contributed by atoms with Crippen LogP contribution in [0, 0.1) is 0 Å². The maximum absolute atomic E-state index is 5.98. The lowest BCUT2D eigenvalue weighted by molar-refractivity contribution is 0.553. The standard InChI is InChI=1S/C13H19ClN2S/c14-12-9-11(5-6-13(12)15)17-8-2-4-10-3-1-7-16-10/h5-6,9-10,16H,1-4,7-8,15H2. The summed E-state index contributed by atoms with van der Waals surface area (Å²) < 4.78 is 0. The molecule has 1 aliphatic rings. The maximum Gasteiger partial charge on any atom is 0.0646 e. The minimum Gasteiger partial charge on any atom is -0.398 e. The Hall–Kier alpha value is -0.380. The van der Waals surface area contributed by atoms with Crippen molar-refractivity contribution in [1.82, 2.24) is 5.32 Å². The molecule has 0 aliphatic carbocycles. The fraction of sp³-hybridized carbons (Fsp3) is 0.538. The number of nitrogens with two attached hydrogens (primary N) is 1. The third kappa shape index (κ3) is 4.09. The predicted octanol–water partition coefficient (Wildman–Crippen LogP) is 3.55. The van der Waals surface area contributed by atoms with Crippen molar-refractivity contribution in [2.75, 3.05) is 18.0 Å². The van der Waals surface area contributed by atoms with Crippen LogP contribution in [0.4, 0.5) is 5.69 Å². The highest BCUT2D eigenvalue weighted by Crippen LogP contribution is 2.27. The Morgan fingerprint density at radius 3 is 3.06 bits per heavy atom. The molecule has 1 aliphatic heterocycles. The van der Waals surface area contributed by atoms with E-state index in [1.54, 1.807) is 0 Å². The number of rotatable bonds is 5. The van der Waals surface area contributed by atoms with E-state index < -0.39 is 0 Å². The van der Waals surface area contributed by atoms with Gasteiger partial charge in [-0.25, -0.2) is 0 Å². The average molecular weight is 271 g/mol. The highest BCUT2D eigenvalue weighted by molar-refractivity contribution is 7.99. The summed E-state index contributed by atoms with van der Waals surface area (Å²) in [6.45, 7) is 1.20. The lowest BCUT2D eigenvalue weighted by atomic mass is 10.1. The Balaban J connectivity index is 1.68. The monoisotopic (exact) mass is 270 g/mol. The van der Waals surface area contributed by atoms with Gasteiger partial charge >= 0.3 is 0 Å². The highest BCUT2D eigenvalue weighted by atomic mass is 35.5. The van der Waals surface area contributed by atoms with Crippen LogP contribution in [0.1, 0.15) is 25.7 Å². The van der Waals surface area contributed by atoms with Gasteiger partial charge in [0.1, 0.15) is 0 Å². The smallest absolute Gasteiger partial charge is 0.0646 e. The van der Waals surface area contributed by atoms with Crippen molar-refractivity contribution in [2.24, 2.45) is 0 Å². The van der Waals surface area contributed by atoms with E-state index in [2.05, 4.69) is 5.32 Å². The van der Waals surface area contributed by atoms with E-state index in [1.807, 2.05) is 30.0 Å². The molecule has 0 bridgehead atoms. The molecule has 0 saturated carbocycles. The van der Waals surface area contributed by atoms with Crippen molar-refractivity contribution in [3.63, 3.8) is 0 Å². The quantitative estimate of drug-likeness (QED) is 0.488. The first kappa shape index (κ1) is 13.1. The Morgan fingerprint density at radius 2 is 2.35 bits per heavy atom. The third-order valence-corrected chi connectivity index (χ3v) is 4.51. The largest absolute Gasteiger partial charge is 0.398 e. The molecule has 3 N–H and O–H groups in total. The molecule has 1 fully saturated rings. The van der Waals surface area contributed by atoms with E-state index >= 15 is 0 Å². The van der Waals surface area contributed by atoms with E-state index in [4.69, 9.17) is 17.3 Å². The number of benzene rings is 1. The van der Waals surface area contributed by atoms with E-state index in [1.165, 1.54) is 37.1 Å². The van der Waals surface area contributed by atoms with Crippen LogP contribution in [-0.2, 0) is 0 Å². The second-order valence-electron chi connectivity index (χ2n) is 4.47. The van der Waals surface area contributed by atoms with Gasteiger partial charge in [-0.15, -0.1) is 11.8 Å². The second-order valence-corrected chi connectivity index (χ2v) is 6.04. The summed E-state index contributed by atoms with van der Waals surface area (Å²) in [5.41, 5.74) is 6.34. The first-order valence-corrected chi connectivity index (χ1v) is 7.53. The Morgan fingerprint density at radius 1 is 1.47 bits per heavy atom. The molecule has 1 aromatic rings. The van der Waals surface area contributed by atoms with Crippen molar-refractivity contribution in [1.29, 1.82) is 0 Å². The molecule has 4 heteroatoms. The van der Waals surface area contributed by atoms with Crippen molar-refractivity contribution < 1.29 is 0 Å². The lowest BCUT2D eigenvalue weighted by Crippen LogP contribution is -2.20. The number of hydrogen-bond donors (Lipinski definition) is 2. The molecule has 0 aromatic heterocycles. The van der Waals surface area contributed by atoms with Crippen molar-refractivity contribution in [3.05, 3.63) is 23.2 Å². The number of hydrogen-bond acceptors (Lipinski definition) is 3. The van der Waals surface area contributed by atoms with E-state index in [-0.39, 0.29) is 0 Å². The summed E-state index contributed by atoms with van der Waals surface area (Å²) in [5, 5.41) is 4.18. The van der Waals surface area contributed by atoms with Crippen LogP contribution in [-0.4, -0.2) is 18.3 Å². The molecule has 1 saturated heterocycles. The molecule has 2 rings (SSSR count). The van der Waals surface area contributed by atoms with Gasteiger partial charge < -0.3 is 11.1 Å². The molecule has 94 valence electrons. The van der Waals surface area contributed by atoms with Crippen LogP contribution in [0.5, 0.6) is 0 Å². The number of anilines is 1. The van der Waals surface area contributed by atoms with E-state index in [0.717, 1.165) is 11.8 Å². The Kier molecular flexibility index (Phi) is 5.01. The summed E-state index contributed by atoms with van der Waals surface area (Å²) in [6.07, 6.45) is 5.23. The van der Waals surface area contributed by atoms with Gasteiger partial charge in [0.05, 0.1) is 10.7 Å². The molecule has 0 radical (unpaired) electrons. The van der Waals surface area contributed by atoms with Crippen LogP contribution >= 0.6 is 23.4 Å². The van der Waals surface area contributed by atoms with Crippen LogP contribution in [0.2, 0.25) is 5.02 Å². The van der Waals surface area contributed by atoms with Crippen molar-refractivity contribution in [3.8, 4) is 0 Å². The number of nitrogen functional groups attached to an aromatic ring is 1. The zero-order valence-corrected chi connectivity index (χ0v) is 11.5. The van der Waals surface area contributed by atoms with Gasteiger partial charge in [0.15, 0.2) is 0 Å². The van der Waals surface area contributed by atoms with Gasteiger partial charge in [-0.1, -0.05) is 11.6 Å². The fourth-order valence-electron chi connectivity index (χ4n) is 2.12. The summed E-state index contributed by atoms with van der Waals surface area (Å²) >= 11 is 7.84. The summed E-state index contributed by atoms with van der Waals surface area (Å²) in [4.78, 5) is 1.21. The van der Waals surface area contributed by atoms with Gasteiger partial charge in [0.2, 0.25) is 0 Å². The van der Waals surface area contributed by atoms with Crippen LogP contribution in [0.25, 0.3) is 0 Å². The van der Waals surface area contributed by atoms with Gasteiger partial charge in [-0.05, 0) is 56.2 Å². The molecule has 17 heavy (non-hydrogen) atoms. The summed E-state index contributed by atoms with van der Waals surface area (Å²) in [5.74, 6) is 1.15. The molecule has 1 heterocycles. The number of thioether (sulfide) groups is 1. The van der Waals surface area contributed by atoms with Gasteiger partial charge in [0.25, 0.3) is 0 Å². The minimum absolute atomic E-state index is 0.658. The molecule has 1 atom stereocenters. The van der Waals surface area contributed by atoms with Crippen LogP contribution < -0.4 is 11.1 Å². The van der Waals surface area contributed by atoms with Crippen LogP contribution in [0.3, 0.4) is 0 Å². The molecular formula is C13H19ClN2S.